The third kappa shape index (κ3) is 5.95. The molecule has 2 unspecified atom stereocenters. The molecule has 0 aromatic heterocycles. The average Bonchev–Trinajstić information content (AvgIpc) is 3.62. The van der Waals surface area contributed by atoms with E-state index in [1.807, 2.05) is 0 Å². The van der Waals surface area contributed by atoms with Gasteiger partial charge < -0.3 is 24.8 Å². The van der Waals surface area contributed by atoms with Crippen molar-refractivity contribution < 1.29 is 44.9 Å². The second-order valence-electron chi connectivity index (χ2n) is 14.5. The SMILES string of the molecule is CC(C)C1=C(c2cccc3ccccc23)c2ccccc2[CH]1[Hf+2]([CH]1C(C(C)C)=C(c2cccc3ccccc23)c2ccccc21)=[Si](C)C.[Cl-].[Cl-]. The van der Waals surface area contributed by atoms with Crippen molar-refractivity contribution in [1.82, 2.24) is 0 Å². The van der Waals surface area contributed by atoms with Crippen LogP contribution in [0.2, 0.25) is 13.1 Å². The van der Waals surface area contributed by atoms with Gasteiger partial charge in [0.2, 0.25) is 0 Å². The normalized spacial score (nSPS) is 16.3. The van der Waals surface area contributed by atoms with Gasteiger partial charge in [0, 0.05) is 0 Å². The quantitative estimate of drug-likeness (QED) is 0.166. The molecule has 0 bridgehead atoms. The second-order valence-corrected chi connectivity index (χ2v) is 39.4. The summed E-state index contributed by atoms with van der Waals surface area (Å²) in [5, 5.41) is 5.41. The Morgan fingerprint density at radius 1 is 0.440 bits per heavy atom. The summed E-state index contributed by atoms with van der Waals surface area (Å²) in [7, 11) is 0. The molecule has 6 aromatic carbocycles. The maximum Gasteiger partial charge on any atom is -1.00 e. The molecule has 0 fully saturated rings. The van der Waals surface area contributed by atoms with E-state index in [9.17, 15) is 0 Å². The molecule has 50 heavy (non-hydrogen) atoms. The van der Waals surface area contributed by atoms with Gasteiger partial charge in [-0.25, -0.2) is 0 Å². The third-order valence-corrected chi connectivity index (χ3v) is 38.1. The molecule has 6 aromatic rings. The van der Waals surface area contributed by atoms with Crippen LogP contribution in [0.1, 0.15) is 68.4 Å². The van der Waals surface area contributed by atoms with Crippen LogP contribution < -0.4 is 24.8 Å². The van der Waals surface area contributed by atoms with E-state index < -0.39 is 25.6 Å². The molecule has 0 N–H and O–H groups in total. The van der Waals surface area contributed by atoms with Crippen molar-refractivity contribution >= 4 is 38.2 Å². The molecule has 0 aliphatic heterocycles. The fourth-order valence-electron chi connectivity index (χ4n) is 9.03. The summed E-state index contributed by atoms with van der Waals surface area (Å²) in [5.41, 5.74) is 15.0. The minimum Gasteiger partial charge on any atom is -1.00 e. The topological polar surface area (TPSA) is 0 Å². The van der Waals surface area contributed by atoms with Crippen molar-refractivity contribution in [2.45, 2.75) is 48.1 Å². The van der Waals surface area contributed by atoms with Crippen molar-refractivity contribution in [2.24, 2.45) is 11.8 Å². The molecule has 0 spiro atoms. The van der Waals surface area contributed by atoms with Gasteiger partial charge in [0.25, 0.3) is 0 Å². The minimum atomic E-state index is -2.68. The Balaban J connectivity index is 0.00000216. The molecule has 0 saturated carbocycles. The van der Waals surface area contributed by atoms with Crippen molar-refractivity contribution in [3.05, 3.63) is 178 Å². The van der Waals surface area contributed by atoms with Crippen molar-refractivity contribution in [2.75, 3.05) is 0 Å². The number of hydrogen-bond acceptors (Lipinski definition) is 0. The molecular weight excluding hydrogens is 830 g/mol. The van der Waals surface area contributed by atoms with E-state index in [1.165, 1.54) is 54.9 Å². The predicted octanol–water partition coefficient (Wildman–Crippen LogP) is 6.60. The van der Waals surface area contributed by atoms with Gasteiger partial charge in [0.1, 0.15) is 0 Å². The van der Waals surface area contributed by atoms with Gasteiger partial charge in [-0.05, 0) is 0 Å². The van der Waals surface area contributed by atoms with Crippen molar-refractivity contribution in [1.29, 1.82) is 0 Å². The van der Waals surface area contributed by atoms with E-state index in [-0.39, 0.29) is 24.8 Å². The molecular formula is C46H44Cl2HfSi. The number of benzene rings is 6. The maximum atomic E-state index is 2.68. The Hall–Kier alpha value is -3.01. The number of allylic oxidation sites excluding steroid dienone is 2. The summed E-state index contributed by atoms with van der Waals surface area (Å²) in [4.78, 5) is 0. The van der Waals surface area contributed by atoms with Gasteiger partial charge >= 0.3 is 296 Å². The Morgan fingerprint density at radius 2 is 0.780 bits per heavy atom. The Labute approximate surface area is 318 Å². The van der Waals surface area contributed by atoms with Crippen LogP contribution in [0.5, 0.6) is 0 Å². The Kier molecular flexibility index (Phi) is 11.0. The fraction of sp³-hybridized carbons (Fsp3) is 0.217. The van der Waals surface area contributed by atoms with Gasteiger partial charge in [-0.1, -0.05) is 0 Å². The van der Waals surface area contributed by atoms with Crippen LogP contribution >= 0.6 is 0 Å². The molecule has 4 heteroatoms. The van der Waals surface area contributed by atoms with Crippen molar-refractivity contribution in [3.8, 4) is 0 Å². The third-order valence-electron chi connectivity index (χ3n) is 10.8. The van der Waals surface area contributed by atoms with Crippen molar-refractivity contribution in [3.63, 3.8) is 0 Å². The van der Waals surface area contributed by atoms with E-state index in [1.54, 1.807) is 22.3 Å². The molecule has 2 aliphatic carbocycles. The Morgan fingerprint density at radius 3 is 1.18 bits per heavy atom. The monoisotopic (exact) mass is 874 g/mol. The number of fused-ring (bicyclic) bond motifs is 4. The molecule has 0 saturated heterocycles. The second kappa shape index (κ2) is 14.9. The zero-order chi connectivity index (χ0) is 33.1. The average molecular weight is 874 g/mol. The molecule has 0 radical (unpaired) electrons. The van der Waals surface area contributed by atoms with Crippen LogP contribution in [-0.4, -0.2) is 5.49 Å². The fourth-order valence-corrected chi connectivity index (χ4v) is 39.0. The Bertz CT molecular complexity index is 2170. The van der Waals surface area contributed by atoms with E-state index >= 15 is 0 Å². The summed E-state index contributed by atoms with van der Waals surface area (Å²) in [6.07, 6.45) is 0. The summed E-state index contributed by atoms with van der Waals surface area (Å²) in [6.45, 7) is 15.3. The van der Waals surface area contributed by atoms with Crippen LogP contribution in [0, 0.1) is 11.8 Å². The first-order valence-electron chi connectivity index (χ1n) is 17.7. The summed E-state index contributed by atoms with van der Waals surface area (Å²) < 4.78 is 1.14. The maximum absolute atomic E-state index is 2.68. The van der Waals surface area contributed by atoms with E-state index in [0.717, 1.165) is 0 Å². The number of halogens is 2. The molecule has 250 valence electrons. The molecule has 0 heterocycles. The van der Waals surface area contributed by atoms with Gasteiger partial charge in [0.05, 0.1) is 0 Å². The standard InChI is InChI=1S/2C22H19.C2H6Si.2ClH.Hf/c2*1-15(2)21-14-17-9-4-6-12-19(17)22(21)20-13-7-10-16-8-3-5-11-18(16)20;1-3-2;;;/h2*3-15H,1-2H3;1-2H3;2*1H;/q;;;;;+2/p-2. The van der Waals surface area contributed by atoms with Crippen LogP contribution in [0.25, 0.3) is 32.7 Å². The molecule has 0 nitrogen and oxygen atoms in total. The van der Waals surface area contributed by atoms with E-state index in [4.69, 9.17) is 0 Å². The van der Waals surface area contributed by atoms with Crippen LogP contribution in [0.3, 0.4) is 0 Å². The predicted molar refractivity (Wildman–Crippen MR) is 205 cm³/mol. The molecule has 0 amide bonds. The van der Waals surface area contributed by atoms with Gasteiger partial charge in [-0.3, -0.25) is 0 Å². The first-order chi connectivity index (χ1) is 23.4. The summed E-state index contributed by atoms with van der Waals surface area (Å²) in [6, 6.07) is 51.0. The molecule has 2 aliphatic rings. The van der Waals surface area contributed by atoms with Gasteiger partial charge in [-0.15, -0.1) is 0 Å². The van der Waals surface area contributed by atoms with Crippen LogP contribution in [0.15, 0.2) is 145 Å². The first-order valence-corrected chi connectivity index (χ1v) is 29.7. The smallest absolute Gasteiger partial charge is 1.00 e. The number of rotatable bonds is 6. The first kappa shape index (κ1) is 36.8. The minimum absolute atomic E-state index is 0. The van der Waals surface area contributed by atoms with E-state index in [2.05, 4.69) is 174 Å². The van der Waals surface area contributed by atoms with E-state index in [0.29, 0.717) is 19.2 Å². The summed E-state index contributed by atoms with van der Waals surface area (Å²) >= 11 is -2.68. The summed E-state index contributed by atoms with van der Waals surface area (Å²) in [5.74, 6) is 0.941. The largest absolute Gasteiger partial charge is 1.00 e. The zero-order valence-electron chi connectivity index (χ0n) is 29.8. The molecule has 8 rings (SSSR count). The van der Waals surface area contributed by atoms with Crippen LogP contribution in [0.4, 0.5) is 0 Å². The van der Waals surface area contributed by atoms with Gasteiger partial charge in [-0.2, -0.15) is 0 Å². The molecule has 2 atom stereocenters. The van der Waals surface area contributed by atoms with Gasteiger partial charge in [0.15, 0.2) is 0 Å². The zero-order valence-corrected chi connectivity index (χ0v) is 35.9. The van der Waals surface area contributed by atoms with Crippen LogP contribution in [-0.2, 0) is 20.1 Å². The number of hydrogen-bond donors (Lipinski definition) is 0.